The highest BCUT2D eigenvalue weighted by atomic mass is 79.9. The largest absolute Gasteiger partial charge is 0.454 e. The number of hydrogen-bond acceptors (Lipinski definition) is 2. The predicted molar refractivity (Wildman–Crippen MR) is 78.4 cm³/mol. The Bertz CT molecular complexity index is 592. The Morgan fingerprint density at radius 3 is 2.84 bits per heavy atom. The molecule has 0 aliphatic rings. The number of hydrogen-bond donors (Lipinski definition) is 1. The standard InChI is InChI=1S/C14H12BrClFNO/c1-18-8-9-3-2-4-12(16)14(9)19-13-7-10(17)5-6-11(13)15/h2-7,18H,8H2,1H3. The molecule has 0 saturated heterocycles. The lowest BCUT2D eigenvalue weighted by atomic mass is 10.2. The van der Waals surface area contributed by atoms with Gasteiger partial charge in [0.15, 0.2) is 5.75 Å². The van der Waals surface area contributed by atoms with Gasteiger partial charge in [0, 0.05) is 18.2 Å². The second kappa shape index (κ2) is 6.37. The van der Waals surface area contributed by atoms with Crippen molar-refractivity contribution in [1.82, 2.24) is 5.32 Å². The van der Waals surface area contributed by atoms with Gasteiger partial charge in [0.1, 0.15) is 11.6 Å². The summed E-state index contributed by atoms with van der Waals surface area (Å²) in [7, 11) is 1.84. The smallest absolute Gasteiger partial charge is 0.150 e. The van der Waals surface area contributed by atoms with E-state index in [1.807, 2.05) is 19.2 Å². The number of rotatable bonds is 4. The molecule has 0 radical (unpaired) electrons. The maximum Gasteiger partial charge on any atom is 0.150 e. The number of nitrogens with one attached hydrogen (secondary N) is 1. The lowest BCUT2D eigenvalue weighted by Gasteiger charge is -2.13. The van der Waals surface area contributed by atoms with Gasteiger partial charge in [-0.25, -0.2) is 4.39 Å². The number of para-hydroxylation sites is 1. The zero-order valence-corrected chi connectivity index (χ0v) is 12.6. The molecule has 2 nitrogen and oxygen atoms in total. The monoisotopic (exact) mass is 343 g/mol. The molecule has 0 aromatic heterocycles. The summed E-state index contributed by atoms with van der Waals surface area (Å²) in [6.07, 6.45) is 0. The summed E-state index contributed by atoms with van der Waals surface area (Å²) in [5, 5.41) is 3.53. The molecule has 0 aliphatic carbocycles. The normalized spacial score (nSPS) is 10.5. The molecular formula is C14H12BrClFNO. The Hall–Kier alpha value is -1.10. The van der Waals surface area contributed by atoms with Gasteiger partial charge in [-0.05, 0) is 41.2 Å². The van der Waals surface area contributed by atoms with Crippen molar-refractivity contribution in [2.45, 2.75) is 6.54 Å². The van der Waals surface area contributed by atoms with Gasteiger partial charge < -0.3 is 10.1 Å². The molecule has 19 heavy (non-hydrogen) atoms. The van der Waals surface area contributed by atoms with Gasteiger partial charge in [0.2, 0.25) is 0 Å². The van der Waals surface area contributed by atoms with Crippen LogP contribution in [0.25, 0.3) is 0 Å². The molecule has 5 heteroatoms. The van der Waals surface area contributed by atoms with Crippen LogP contribution in [0.4, 0.5) is 4.39 Å². The third-order valence-electron chi connectivity index (χ3n) is 2.52. The summed E-state index contributed by atoms with van der Waals surface area (Å²) in [6, 6.07) is 9.77. The summed E-state index contributed by atoms with van der Waals surface area (Å²) in [4.78, 5) is 0. The third-order valence-corrected chi connectivity index (χ3v) is 3.47. The fraction of sp³-hybridized carbons (Fsp3) is 0.143. The van der Waals surface area contributed by atoms with E-state index in [0.717, 1.165) is 5.56 Å². The van der Waals surface area contributed by atoms with Crippen LogP contribution in [0.5, 0.6) is 11.5 Å². The van der Waals surface area contributed by atoms with Gasteiger partial charge in [-0.3, -0.25) is 0 Å². The van der Waals surface area contributed by atoms with Gasteiger partial charge in [-0.2, -0.15) is 0 Å². The first-order valence-electron chi connectivity index (χ1n) is 5.66. The summed E-state index contributed by atoms with van der Waals surface area (Å²) < 4.78 is 19.7. The van der Waals surface area contributed by atoms with Crippen LogP contribution >= 0.6 is 27.5 Å². The molecule has 2 rings (SSSR count). The minimum Gasteiger partial charge on any atom is -0.454 e. The Kier molecular flexibility index (Phi) is 4.80. The summed E-state index contributed by atoms with van der Waals surface area (Å²) in [6.45, 7) is 0.614. The zero-order chi connectivity index (χ0) is 13.8. The van der Waals surface area contributed by atoms with Crippen molar-refractivity contribution in [2.75, 3.05) is 7.05 Å². The Balaban J connectivity index is 2.39. The number of halogens is 3. The van der Waals surface area contributed by atoms with Gasteiger partial charge in [-0.1, -0.05) is 23.7 Å². The molecule has 0 fully saturated rings. The first-order chi connectivity index (χ1) is 9.11. The molecule has 0 saturated carbocycles. The lowest BCUT2D eigenvalue weighted by Crippen LogP contribution is -2.06. The molecule has 0 aliphatic heterocycles. The Morgan fingerprint density at radius 1 is 1.32 bits per heavy atom. The number of ether oxygens (including phenoxy) is 1. The average Bonchev–Trinajstić information content (AvgIpc) is 2.38. The molecule has 0 atom stereocenters. The fourth-order valence-electron chi connectivity index (χ4n) is 1.66. The summed E-state index contributed by atoms with van der Waals surface area (Å²) in [5.74, 6) is 0.565. The van der Waals surface area contributed by atoms with Gasteiger partial charge in [-0.15, -0.1) is 0 Å². The maximum atomic E-state index is 13.3. The van der Waals surface area contributed by atoms with Crippen molar-refractivity contribution in [3.05, 3.63) is 57.3 Å². The fourth-order valence-corrected chi connectivity index (χ4v) is 2.22. The molecule has 100 valence electrons. The molecule has 0 unspecified atom stereocenters. The molecule has 0 amide bonds. The van der Waals surface area contributed by atoms with E-state index in [9.17, 15) is 4.39 Å². The van der Waals surface area contributed by atoms with E-state index in [-0.39, 0.29) is 5.82 Å². The lowest BCUT2D eigenvalue weighted by molar-refractivity contribution is 0.466. The number of benzene rings is 2. The van der Waals surface area contributed by atoms with Crippen molar-refractivity contribution >= 4 is 27.5 Å². The van der Waals surface area contributed by atoms with Crippen molar-refractivity contribution < 1.29 is 9.13 Å². The van der Waals surface area contributed by atoms with E-state index < -0.39 is 0 Å². The molecule has 0 bridgehead atoms. The Morgan fingerprint density at radius 2 is 2.11 bits per heavy atom. The topological polar surface area (TPSA) is 21.3 Å². The van der Waals surface area contributed by atoms with Crippen LogP contribution in [-0.2, 0) is 6.54 Å². The molecule has 0 heterocycles. The van der Waals surface area contributed by atoms with Gasteiger partial charge in [0.25, 0.3) is 0 Å². The minimum atomic E-state index is -0.361. The maximum absolute atomic E-state index is 13.3. The zero-order valence-electron chi connectivity index (χ0n) is 10.2. The summed E-state index contributed by atoms with van der Waals surface area (Å²) in [5.41, 5.74) is 0.908. The van der Waals surface area contributed by atoms with Crippen LogP contribution in [0, 0.1) is 5.82 Å². The summed E-state index contributed by atoms with van der Waals surface area (Å²) >= 11 is 9.47. The molecule has 2 aromatic carbocycles. The van der Waals surface area contributed by atoms with Crippen molar-refractivity contribution in [2.24, 2.45) is 0 Å². The first kappa shape index (κ1) is 14.3. The van der Waals surface area contributed by atoms with E-state index in [2.05, 4.69) is 21.2 Å². The molecule has 2 aromatic rings. The molecular weight excluding hydrogens is 333 g/mol. The van der Waals surface area contributed by atoms with E-state index >= 15 is 0 Å². The second-order valence-electron chi connectivity index (χ2n) is 3.94. The molecule has 0 spiro atoms. The van der Waals surface area contributed by atoms with Crippen molar-refractivity contribution in [3.63, 3.8) is 0 Å². The highest BCUT2D eigenvalue weighted by Crippen LogP contribution is 2.36. The quantitative estimate of drug-likeness (QED) is 0.864. The van der Waals surface area contributed by atoms with E-state index in [1.54, 1.807) is 12.1 Å². The highest BCUT2D eigenvalue weighted by molar-refractivity contribution is 9.10. The second-order valence-corrected chi connectivity index (χ2v) is 5.20. The third kappa shape index (κ3) is 3.47. The van der Waals surface area contributed by atoms with E-state index in [0.29, 0.717) is 27.5 Å². The van der Waals surface area contributed by atoms with Crippen molar-refractivity contribution in [3.8, 4) is 11.5 Å². The minimum absolute atomic E-state index is 0.361. The van der Waals surface area contributed by atoms with Crippen LogP contribution in [-0.4, -0.2) is 7.05 Å². The van der Waals surface area contributed by atoms with E-state index in [4.69, 9.17) is 16.3 Å². The average molecular weight is 345 g/mol. The van der Waals surface area contributed by atoms with Crippen LogP contribution in [0.2, 0.25) is 5.02 Å². The SMILES string of the molecule is CNCc1cccc(Cl)c1Oc1cc(F)ccc1Br. The van der Waals surface area contributed by atoms with Crippen LogP contribution in [0.15, 0.2) is 40.9 Å². The van der Waals surface area contributed by atoms with Crippen LogP contribution < -0.4 is 10.1 Å². The first-order valence-corrected chi connectivity index (χ1v) is 6.84. The van der Waals surface area contributed by atoms with Gasteiger partial charge in [0.05, 0.1) is 9.50 Å². The Labute approximate surface area is 124 Å². The van der Waals surface area contributed by atoms with Crippen molar-refractivity contribution in [1.29, 1.82) is 0 Å². The highest BCUT2D eigenvalue weighted by Gasteiger charge is 2.11. The van der Waals surface area contributed by atoms with Gasteiger partial charge >= 0.3 is 0 Å². The van der Waals surface area contributed by atoms with Crippen LogP contribution in [0.3, 0.4) is 0 Å². The molecule has 1 N–H and O–H groups in total. The predicted octanol–water partition coefficient (Wildman–Crippen LogP) is 4.75. The van der Waals surface area contributed by atoms with Crippen LogP contribution in [0.1, 0.15) is 5.56 Å². The van der Waals surface area contributed by atoms with E-state index in [1.165, 1.54) is 12.1 Å².